The molecule has 2 rings (SSSR count). The van der Waals surface area contributed by atoms with E-state index in [2.05, 4.69) is 5.43 Å². The number of carbonyl (C=O) groups excluding carboxylic acids is 2. The molecule has 2 N–H and O–H groups in total. The van der Waals surface area contributed by atoms with E-state index >= 15 is 0 Å². The van der Waals surface area contributed by atoms with Gasteiger partial charge in [0.2, 0.25) is 0 Å². The van der Waals surface area contributed by atoms with E-state index in [1.54, 1.807) is 56.0 Å². The van der Waals surface area contributed by atoms with Gasteiger partial charge in [0.05, 0.1) is 6.04 Å². The van der Waals surface area contributed by atoms with Crippen LogP contribution in [-0.4, -0.2) is 57.8 Å². The minimum absolute atomic E-state index is 0.0562. The van der Waals surface area contributed by atoms with Crippen LogP contribution < -0.4 is 5.43 Å². The Morgan fingerprint density at radius 1 is 1.27 bits per heavy atom. The zero-order chi connectivity index (χ0) is 19.3. The second-order valence-corrected chi connectivity index (χ2v) is 6.78. The van der Waals surface area contributed by atoms with E-state index in [-0.39, 0.29) is 18.5 Å². The van der Waals surface area contributed by atoms with Crippen LogP contribution in [0.5, 0.6) is 0 Å². The summed E-state index contributed by atoms with van der Waals surface area (Å²) in [5, 5.41) is 9.62. The number of hydrazine groups is 1. The molecule has 0 aliphatic carbocycles. The number of hydrogen-bond acceptors (Lipinski definition) is 5. The first-order valence-electron chi connectivity index (χ1n) is 8.21. The van der Waals surface area contributed by atoms with Crippen LogP contribution in [-0.2, 0) is 4.74 Å². The highest BCUT2D eigenvalue weighted by Gasteiger charge is 2.30. The fourth-order valence-electron chi connectivity index (χ4n) is 2.43. The molecule has 1 aromatic carbocycles. The van der Waals surface area contributed by atoms with Crippen molar-refractivity contribution in [3.05, 3.63) is 48.0 Å². The number of imide groups is 1. The van der Waals surface area contributed by atoms with Gasteiger partial charge in [0.25, 0.3) is 5.91 Å². The number of nitrogens with one attached hydrogen (secondary N) is 1. The summed E-state index contributed by atoms with van der Waals surface area (Å²) in [6.07, 6.45) is 1.12. The Morgan fingerprint density at radius 2 is 1.92 bits per heavy atom. The fraction of sp³-hybridized carbons (Fsp3) is 0.389. The van der Waals surface area contributed by atoms with Crippen LogP contribution >= 0.6 is 0 Å². The summed E-state index contributed by atoms with van der Waals surface area (Å²) in [6.45, 7) is 5.40. The van der Waals surface area contributed by atoms with Crippen LogP contribution in [0.3, 0.4) is 0 Å². The van der Waals surface area contributed by atoms with Gasteiger partial charge in [-0.3, -0.25) is 4.79 Å². The third kappa shape index (κ3) is 5.06. The SMILES string of the molecule is CC(C)(C)OC(=O)N(NCC1C=CCN1C(=O)c1ccccc1)C(=O)O. The van der Waals surface area contributed by atoms with Crippen molar-refractivity contribution >= 4 is 18.1 Å². The van der Waals surface area contributed by atoms with Gasteiger partial charge < -0.3 is 14.7 Å². The van der Waals surface area contributed by atoms with E-state index in [9.17, 15) is 19.5 Å². The maximum atomic E-state index is 12.6. The molecular weight excluding hydrogens is 338 g/mol. The number of ether oxygens (including phenoxy) is 1. The molecule has 1 aliphatic heterocycles. The van der Waals surface area contributed by atoms with E-state index < -0.39 is 17.8 Å². The number of nitrogens with zero attached hydrogens (tertiary/aromatic N) is 2. The van der Waals surface area contributed by atoms with E-state index in [4.69, 9.17) is 4.74 Å². The molecule has 0 aromatic heterocycles. The van der Waals surface area contributed by atoms with Gasteiger partial charge in [-0.15, -0.1) is 5.01 Å². The monoisotopic (exact) mass is 361 g/mol. The molecule has 140 valence electrons. The van der Waals surface area contributed by atoms with Gasteiger partial charge in [-0.2, -0.15) is 0 Å². The lowest BCUT2D eigenvalue weighted by Gasteiger charge is -2.28. The molecular formula is C18H23N3O5. The minimum atomic E-state index is -1.48. The Kier molecular flexibility index (Phi) is 5.99. The lowest BCUT2D eigenvalue weighted by Crippen LogP contribution is -2.52. The zero-order valence-electron chi connectivity index (χ0n) is 15.0. The number of carboxylic acid groups (broad SMARTS) is 1. The average Bonchev–Trinajstić information content (AvgIpc) is 3.01. The molecule has 0 fully saturated rings. The van der Waals surface area contributed by atoms with Crippen molar-refractivity contribution in [2.45, 2.75) is 32.4 Å². The van der Waals surface area contributed by atoms with Crippen LogP contribution in [0.15, 0.2) is 42.5 Å². The molecule has 0 bridgehead atoms. The fourth-order valence-corrected chi connectivity index (χ4v) is 2.43. The molecule has 8 heteroatoms. The number of carbonyl (C=O) groups is 3. The summed E-state index contributed by atoms with van der Waals surface area (Å²) < 4.78 is 5.07. The van der Waals surface area contributed by atoms with Gasteiger partial charge in [-0.1, -0.05) is 30.4 Å². The van der Waals surface area contributed by atoms with E-state index in [0.717, 1.165) is 0 Å². The van der Waals surface area contributed by atoms with Gasteiger partial charge in [0.15, 0.2) is 0 Å². The lowest BCUT2D eigenvalue weighted by atomic mass is 10.2. The summed E-state index contributed by atoms with van der Waals surface area (Å²) in [5.41, 5.74) is 2.25. The van der Waals surface area contributed by atoms with Crippen LogP contribution in [0, 0.1) is 0 Å². The quantitative estimate of drug-likeness (QED) is 0.631. The number of rotatable bonds is 4. The van der Waals surface area contributed by atoms with Crippen molar-refractivity contribution in [2.24, 2.45) is 0 Å². The molecule has 0 saturated heterocycles. The number of benzene rings is 1. The largest absolute Gasteiger partial charge is 0.464 e. The molecule has 1 heterocycles. The highest BCUT2D eigenvalue weighted by atomic mass is 16.6. The summed E-state index contributed by atoms with van der Waals surface area (Å²) >= 11 is 0. The first-order chi connectivity index (χ1) is 12.2. The Hall–Kier alpha value is -2.87. The molecule has 0 spiro atoms. The molecule has 1 aliphatic rings. The second-order valence-electron chi connectivity index (χ2n) is 6.78. The smallest absolute Gasteiger partial charge is 0.434 e. The molecule has 1 aromatic rings. The standard InChI is InChI=1S/C18H23N3O5/c1-18(2,3)26-17(25)21(16(23)24)19-12-14-10-7-11-20(14)15(22)13-8-5-4-6-9-13/h4-10,14,19H,11-12H2,1-3H3,(H,23,24). The van der Waals surface area contributed by atoms with Crippen molar-refractivity contribution in [3.8, 4) is 0 Å². The van der Waals surface area contributed by atoms with E-state index in [1.165, 1.54) is 0 Å². The maximum Gasteiger partial charge on any atom is 0.434 e. The highest BCUT2D eigenvalue weighted by molar-refractivity contribution is 5.95. The second kappa shape index (κ2) is 8.01. The van der Waals surface area contributed by atoms with Crippen LogP contribution in [0.25, 0.3) is 0 Å². The first kappa shape index (κ1) is 19.5. The van der Waals surface area contributed by atoms with Crippen molar-refractivity contribution in [3.63, 3.8) is 0 Å². The predicted molar refractivity (Wildman–Crippen MR) is 94.5 cm³/mol. The zero-order valence-corrected chi connectivity index (χ0v) is 15.0. The summed E-state index contributed by atoms with van der Waals surface area (Å²) in [7, 11) is 0. The molecule has 1 atom stereocenters. The first-order valence-corrected chi connectivity index (χ1v) is 8.21. The van der Waals surface area contributed by atoms with Crippen molar-refractivity contribution < 1.29 is 24.2 Å². The summed E-state index contributed by atoms with van der Waals surface area (Å²) in [5.74, 6) is -0.165. The Labute approximate surface area is 152 Å². The van der Waals surface area contributed by atoms with Gasteiger partial charge in [0.1, 0.15) is 5.60 Å². The van der Waals surface area contributed by atoms with Gasteiger partial charge >= 0.3 is 12.2 Å². The third-order valence-corrected chi connectivity index (χ3v) is 3.57. The van der Waals surface area contributed by atoms with Crippen molar-refractivity contribution in [1.82, 2.24) is 15.3 Å². The van der Waals surface area contributed by atoms with E-state index in [1.807, 2.05) is 12.1 Å². The topological polar surface area (TPSA) is 99.2 Å². The molecule has 0 saturated carbocycles. The number of amides is 3. The maximum absolute atomic E-state index is 12.6. The van der Waals surface area contributed by atoms with E-state index in [0.29, 0.717) is 17.1 Å². The van der Waals surface area contributed by atoms with Gasteiger partial charge in [-0.25, -0.2) is 15.0 Å². The van der Waals surface area contributed by atoms with Crippen LogP contribution in [0.2, 0.25) is 0 Å². The van der Waals surface area contributed by atoms with Gasteiger partial charge in [-0.05, 0) is 32.9 Å². The Bertz CT molecular complexity index is 697. The van der Waals surface area contributed by atoms with Crippen LogP contribution in [0.1, 0.15) is 31.1 Å². The number of hydrogen-bond donors (Lipinski definition) is 2. The molecule has 3 amide bonds. The summed E-state index contributed by atoms with van der Waals surface area (Å²) in [4.78, 5) is 37.5. The molecule has 26 heavy (non-hydrogen) atoms. The van der Waals surface area contributed by atoms with Crippen molar-refractivity contribution in [1.29, 1.82) is 0 Å². The highest BCUT2D eigenvalue weighted by Crippen LogP contribution is 2.15. The summed E-state index contributed by atoms with van der Waals surface area (Å²) in [6, 6.07) is 8.43. The van der Waals surface area contributed by atoms with Gasteiger partial charge in [0, 0.05) is 18.7 Å². The lowest BCUT2D eigenvalue weighted by molar-refractivity contribution is 0.0159. The molecule has 1 unspecified atom stereocenters. The predicted octanol–water partition coefficient (Wildman–Crippen LogP) is 2.49. The molecule has 8 nitrogen and oxygen atoms in total. The Morgan fingerprint density at radius 3 is 2.50 bits per heavy atom. The Balaban J connectivity index is 2.01. The normalized spacial score (nSPS) is 16.4. The minimum Gasteiger partial charge on any atom is -0.464 e. The average molecular weight is 361 g/mol. The third-order valence-electron chi connectivity index (χ3n) is 3.57. The van der Waals surface area contributed by atoms with Crippen LogP contribution in [0.4, 0.5) is 9.59 Å². The molecule has 0 radical (unpaired) electrons. The van der Waals surface area contributed by atoms with Crippen molar-refractivity contribution in [2.75, 3.05) is 13.1 Å².